The fourth-order valence-electron chi connectivity index (χ4n) is 3.33. The van der Waals surface area contributed by atoms with Gasteiger partial charge in [0.1, 0.15) is 0 Å². The number of anilines is 1. The smallest absolute Gasteiger partial charge is 0.305 e. The van der Waals surface area contributed by atoms with Gasteiger partial charge in [0.2, 0.25) is 0 Å². The van der Waals surface area contributed by atoms with Gasteiger partial charge in [-0.15, -0.1) is 0 Å². The number of aryl methyl sites for hydroxylation is 1. The van der Waals surface area contributed by atoms with Crippen molar-refractivity contribution in [3.05, 3.63) is 42.0 Å². The van der Waals surface area contributed by atoms with Crippen LogP contribution in [0.2, 0.25) is 0 Å². The highest BCUT2D eigenvalue weighted by Crippen LogP contribution is 2.18. The van der Waals surface area contributed by atoms with Crippen LogP contribution in [-0.2, 0) is 16.0 Å². The zero-order chi connectivity index (χ0) is 20.3. The average molecular weight is 388 g/mol. The molecule has 0 saturated heterocycles. The molecule has 0 bridgehead atoms. The molecule has 0 fully saturated rings. The zero-order valence-electron chi connectivity index (χ0n) is 18.2. The molecule has 0 aliphatic rings. The lowest BCUT2D eigenvalue weighted by molar-refractivity contribution is -0.140. The summed E-state index contributed by atoms with van der Waals surface area (Å²) in [6.45, 7) is 3.25. The van der Waals surface area contributed by atoms with Crippen LogP contribution in [0.4, 0.5) is 5.69 Å². The number of carbonyl (C=O) groups is 1. The Morgan fingerprint density at radius 3 is 2.36 bits per heavy atom. The predicted molar refractivity (Wildman–Crippen MR) is 121 cm³/mol. The number of ether oxygens (including phenoxy) is 1. The van der Waals surface area contributed by atoms with E-state index in [1.165, 1.54) is 69.7 Å². The monoisotopic (exact) mass is 387 g/mol. The highest BCUT2D eigenvalue weighted by atomic mass is 16.5. The number of nitrogens with one attached hydrogen (secondary N) is 1. The average Bonchev–Trinajstić information content (AvgIpc) is 2.72. The van der Waals surface area contributed by atoms with E-state index in [0.717, 1.165) is 32.2 Å². The first-order valence-electron chi connectivity index (χ1n) is 11.3. The number of allylic oxidation sites excluding steroid dienone is 2. The topological polar surface area (TPSA) is 38.3 Å². The maximum Gasteiger partial charge on any atom is 0.305 e. The molecule has 0 aliphatic carbocycles. The highest BCUT2D eigenvalue weighted by molar-refractivity contribution is 5.69. The number of hydrogen-bond donors (Lipinski definition) is 1. The van der Waals surface area contributed by atoms with Gasteiger partial charge in [0.25, 0.3) is 0 Å². The molecule has 1 rings (SSSR count). The molecule has 0 atom stereocenters. The third-order valence-corrected chi connectivity index (χ3v) is 5.08. The SMILES string of the molecule is CCCCCCCCC/C=C/CCCNc1ccccc1CCCC(=O)OC. The zero-order valence-corrected chi connectivity index (χ0v) is 18.2. The Bertz CT molecular complexity index is 539. The molecule has 1 N–H and O–H groups in total. The summed E-state index contributed by atoms with van der Waals surface area (Å²) in [6.07, 6.45) is 20.1. The van der Waals surface area contributed by atoms with E-state index in [1.54, 1.807) is 0 Å². The lowest BCUT2D eigenvalue weighted by Crippen LogP contribution is -2.05. The van der Waals surface area contributed by atoms with Crippen molar-refractivity contribution in [3.63, 3.8) is 0 Å². The standard InChI is InChI=1S/C25H41NO2/c1-3-4-5-6-7-8-9-10-11-12-13-16-22-26-24-20-15-14-18-23(24)19-17-21-25(27)28-2/h11-12,14-15,18,20,26H,3-10,13,16-17,19,21-22H2,1-2H3/b12-11+. The first kappa shape index (κ1) is 24.3. The first-order valence-corrected chi connectivity index (χ1v) is 11.3. The van der Waals surface area contributed by atoms with Gasteiger partial charge in [-0.1, -0.05) is 75.8 Å². The van der Waals surface area contributed by atoms with E-state index in [2.05, 4.69) is 48.7 Å². The van der Waals surface area contributed by atoms with Gasteiger partial charge in [-0.25, -0.2) is 0 Å². The Morgan fingerprint density at radius 2 is 1.61 bits per heavy atom. The van der Waals surface area contributed by atoms with E-state index in [1.807, 2.05) is 0 Å². The number of esters is 1. The van der Waals surface area contributed by atoms with Crippen LogP contribution >= 0.6 is 0 Å². The second-order valence-corrected chi connectivity index (χ2v) is 7.54. The lowest BCUT2D eigenvalue weighted by Gasteiger charge is -2.11. The number of rotatable bonds is 17. The first-order chi connectivity index (χ1) is 13.8. The van der Waals surface area contributed by atoms with Gasteiger partial charge in [0.05, 0.1) is 7.11 Å². The maximum absolute atomic E-state index is 11.3. The summed E-state index contributed by atoms with van der Waals surface area (Å²) in [5.74, 6) is -0.131. The van der Waals surface area contributed by atoms with Crippen molar-refractivity contribution in [1.29, 1.82) is 0 Å². The van der Waals surface area contributed by atoms with Crippen molar-refractivity contribution < 1.29 is 9.53 Å². The number of hydrogen-bond acceptors (Lipinski definition) is 3. The van der Waals surface area contributed by atoms with Crippen molar-refractivity contribution in [2.24, 2.45) is 0 Å². The molecule has 0 unspecified atom stereocenters. The van der Waals surface area contributed by atoms with Gasteiger partial charge in [-0.05, 0) is 50.2 Å². The Kier molecular flexibility index (Phi) is 15.0. The normalized spacial score (nSPS) is 11.1. The summed E-state index contributed by atoms with van der Waals surface area (Å²) in [4.78, 5) is 11.3. The van der Waals surface area contributed by atoms with Crippen LogP contribution < -0.4 is 5.32 Å². The predicted octanol–water partition coefficient (Wildman–Crippen LogP) is 7.07. The van der Waals surface area contributed by atoms with Gasteiger partial charge in [-0.2, -0.15) is 0 Å². The summed E-state index contributed by atoms with van der Waals surface area (Å²) in [5, 5.41) is 3.55. The van der Waals surface area contributed by atoms with Crippen molar-refractivity contribution in [3.8, 4) is 0 Å². The number of benzene rings is 1. The van der Waals surface area contributed by atoms with E-state index >= 15 is 0 Å². The van der Waals surface area contributed by atoms with Gasteiger partial charge in [0.15, 0.2) is 0 Å². The van der Waals surface area contributed by atoms with Crippen LogP contribution in [0.1, 0.15) is 89.5 Å². The minimum atomic E-state index is -0.131. The van der Waals surface area contributed by atoms with Gasteiger partial charge in [0, 0.05) is 18.7 Å². The maximum atomic E-state index is 11.3. The molecule has 0 amide bonds. The molecular weight excluding hydrogens is 346 g/mol. The molecule has 0 aliphatic heterocycles. The van der Waals surface area contributed by atoms with Crippen LogP contribution in [0.15, 0.2) is 36.4 Å². The van der Waals surface area contributed by atoms with Gasteiger partial charge in [-0.3, -0.25) is 4.79 Å². The van der Waals surface area contributed by atoms with Gasteiger partial charge < -0.3 is 10.1 Å². The van der Waals surface area contributed by atoms with Crippen LogP contribution in [0, 0.1) is 0 Å². The van der Waals surface area contributed by atoms with Crippen LogP contribution in [0.3, 0.4) is 0 Å². The lowest BCUT2D eigenvalue weighted by atomic mass is 10.1. The number of methoxy groups -OCH3 is 1. The third-order valence-electron chi connectivity index (χ3n) is 5.08. The Morgan fingerprint density at radius 1 is 0.929 bits per heavy atom. The number of carbonyl (C=O) groups excluding carboxylic acids is 1. The molecule has 3 nitrogen and oxygen atoms in total. The fourth-order valence-corrected chi connectivity index (χ4v) is 3.33. The number of unbranched alkanes of at least 4 members (excludes halogenated alkanes) is 8. The molecule has 0 aromatic heterocycles. The summed E-state index contributed by atoms with van der Waals surface area (Å²) >= 11 is 0. The van der Waals surface area contributed by atoms with Gasteiger partial charge >= 0.3 is 5.97 Å². The quantitative estimate of drug-likeness (QED) is 0.176. The second-order valence-electron chi connectivity index (χ2n) is 7.54. The molecule has 28 heavy (non-hydrogen) atoms. The molecule has 0 radical (unpaired) electrons. The summed E-state index contributed by atoms with van der Waals surface area (Å²) in [5.41, 5.74) is 2.47. The van der Waals surface area contributed by atoms with E-state index in [4.69, 9.17) is 4.74 Å². The molecular formula is C25H41NO2. The molecule has 3 heteroatoms. The second kappa shape index (κ2) is 17.3. The van der Waals surface area contributed by atoms with Crippen LogP contribution in [-0.4, -0.2) is 19.6 Å². The Hall–Kier alpha value is -1.77. The highest BCUT2D eigenvalue weighted by Gasteiger charge is 2.04. The van der Waals surface area contributed by atoms with E-state index in [-0.39, 0.29) is 5.97 Å². The summed E-state index contributed by atoms with van der Waals surface area (Å²) < 4.78 is 4.71. The van der Waals surface area contributed by atoms with Crippen molar-refractivity contribution >= 4 is 11.7 Å². The van der Waals surface area contributed by atoms with Crippen molar-refractivity contribution in [2.75, 3.05) is 19.0 Å². The van der Waals surface area contributed by atoms with Crippen molar-refractivity contribution in [1.82, 2.24) is 0 Å². The summed E-state index contributed by atoms with van der Waals surface area (Å²) in [6, 6.07) is 8.39. The molecule has 1 aromatic rings. The third kappa shape index (κ3) is 12.6. The van der Waals surface area contributed by atoms with Crippen LogP contribution in [0.25, 0.3) is 0 Å². The fraction of sp³-hybridized carbons (Fsp3) is 0.640. The van der Waals surface area contributed by atoms with Crippen molar-refractivity contribution in [2.45, 2.75) is 90.4 Å². The minimum absolute atomic E-state index is 0.131. The summed E-state index contributed by atoms with van der Waals surface area (Å²) in [7, 11) is 1.45. The largest absolute Gasteiger partial charge is 0.469 e. The Labute approximate surface area is 173 Å². The molecule has 0 saturated carbocycles. The van der Waals surface area contributed by atoms with Crippen LogP contribution in [0.5, 0.6) is 0 Å². The van der Waals surface area contributed by atoms with E-state index in [9.17, 15) is 4.79 Å². The van der Waals surface area contributed by atoms with E-state index in [0.29, 0.717) is 6.42 Å². The van der Waals surface area contributed by atoms with E-state index < -0.39 is 0 Å². The molecule has 0 heterocycles. The molecule has 1 aromatic carbocycles. The Balaban J connectivity index is 2.09. The number of para-hydroxylation sites is 1. The molecule has 158 valence electrons. The molecule has 0 spiro atoms. The minimum Gasteiger partial charge on any atom is -0.469 e.